The van der Waals surface area contributed by atoms with Crippen LogP contribution in [-0.2, 0) is 6.18 Å². The molecular weight excluding hydrogens is 273 g/mol. The van der Waals surface area contributed by atoms with E-state index in [2.05, 4.69) is 9.97 Å². The second-order valence-electron chi connectivity index (χ2n) is 4.07. The SMILES string of the molecule is Oc1ccc(C(F)(F)F)cc1-c1nc2ncccc2o1. The molecule has 20 heavy (non-hydrogen) atoms. The molecule has 0 spiro atoms. The molecule has 0 amide bonds. The average molecular weight is 280 g/mol. The van der Waals surface area contributed by atoms with Gasteiger partial charge >= 0.3 is 6.18 Å². The molecule has 7 heteroatoms. The molecule has 3 rings (SSSR count). The van der Waals surface area contributed by atoms with E-state index in [1.54, 1.807) is 12.1 Å². The van der Waals surface area contributed by atoms with Crippen LogP contribution >= 0.6 is 0 Å². The Labute approximate surface area is 110 Å². The lowest BCUT2D eigenvalue weighted by molar-refractivity contribution is -0.137. The number of nitrogens with zero attached hydrogens (tertiary/aromatic N) is 2. The monoisotopic (exact) mass is 280 g/mol. The number of phenolic OH excluding ortho intramolecular Hbond substituents is 1. The summed E-state index contributed by atoms with van der Waals surface area (Å²) in [7, 11) is 0. The molecule has 0 unspecified atom stereocenters. The minimum Gasteiger partial charge on any atom is -0.507 e. The molecule has 2 aromatic heterocycles. The second kappa shape index (κ2) is 4.22. The highest BCUT2D eigenvalue weighted by molar-refractivity contribution is 5.74. The zero-order valence-corrected chi connectivity index (χ0v) is 9.85. The van der Waals surface area contributed by atoms with Crippen LogP contribution in [0.3, 0.4) is 0 Å². The van der Waals surface area contributed by atoms with Crippen LogP contribution in [0.4, 0.5) is 13.2 Å². The summed E-state index contributed by atoms with van der Waals surface area (Å²) < 4.78 is 43.3. The van der Waals surface area contributed by atoms with Gasteiger partial charge in [-0.1, -0.05) is 0 Å². The van der Waals surface area contributed by atoms with E-state index in [9.17, 15) is 18.3 Å². The Morgan fingerprint density at radius 1 is 1.15 bits per heavy atom. The molecule has 1 N–H and O–H groups in total. The quantitative estimate of drug-likeness (QED) is 0.739. The number of hydrogen-bond acceptors (Lipinski definition) is 4. The second-order valence-corrected chi connectivity index (χ2v) is 4.07. The molecule has 0 radical (unpaired) electrons. The van der Waals surface area contributed by atoms with E-state index < -0.39 is 11.7 Å². The first-order valence-electron chi connectivity index (χ1n) is 5.57. The number of halogens is 3. The number of pyridine rings is 1. The lowest BCUT2D eigenvalue weighted by Crippen LogP contribution is -2.04. The molecular formula is C13H7F3N2O2. The third-order valence-corrected chi connectivity index (χ3v) is 2.72. The van der Waals surface area contributed by atoms with E-state index >= 15 is 0 Å². The van der Waals surface area contributed by atoms with Crippen molar-refractivity contribution in [2.45, 2.75) is 6.18 Å². The van der Waals surface area contributed by atoms with Crippen LogP contribution in [0.15, 0.2) is 40.9 Å². The number of phenols is 1. The topological polar surface area (TPSA) is 59.2 Å². The Balaban J connectivity index is 2.17. The van der Waals surface area contributed by atoms with Gasteiger partial charge in [0, 0.05) is 6.20 Å². The van der Waals surface area contributed by atoms with Crippen molar-refractivity contribution in [2.24, 2.45) is 0 Å². The van der Waals surface area contributed by atoms with Gasteiger partial charge in [-0.05, 0) is 30.3 Å². The minimum absolute atomic E-state index is 0.109. The van der Waals surface area contributed by atoms with Gasteiger partial charge in [-0.3, -0.25) is 0 Å². The van der Waals surface area contributed by atoms with Crippen molar-refractivity contribution >= 4 is 11.2 Å². The van der Waals surface area contributed by atoms with Gasteiger partial charge in [-0.2, -0.15) is 18.2 Å². The predicted molar refractivity (Wildman–Crippen MR) is 63.9 cm³/mol. The maximum absolute atomic E-state index is 12.7. The Hall–Kier alpha value is -2.57. The average Bonchev–Trinajstić information content (AvgIpc) is 2.81. The van der Waals surface area contributed by atoms with Gasteiger partial charge in [-0.25, -0.2) is 4.98 Å². The summed E-state index contributed by atoms with van der Waals surface area (Å²) in [6.45, 7) is 0. The molecule has 0 saturated heterocycles. The number of aromatic nitrogens is 2. The number of aromatic hydroxyl groups is 1. The predicted octanol–water partition coefficient (Wildman–Crippen LogP) is 3.61. The lowest BCUT2D eigenvalue weighted by atomic mass is 10.1. The van der Waals surface area contributed by atoms with Crippen molar-refractivity contribution in [1.82, 2.24) is 9.97 Å². The van der Waals surface area contributed by atoms with Crippen LogP contribution in [-0.4, -0.2) is 15.1 Å². The highest BCUT2D eigenvalue weighted by atomic mass is 19.4. The van der Waals surface area contributed by atoms with E-state index in [-0.39, 0.29) is 22.9 Å². The van der Waals surface area contributed by atoms with Crippen LogP contribution in [0, 0.1) is 0 Å². The van der Waals surface area contributed by atoms with Crippen LogP contribution in [0.25, 0.3) is 22.7 Å². The third-order valence-electron chi connectivity index (χ3n) is 2.72. The molecule has 0 fully saturated rings. The van der Waals surface area contributed by atoms with Gasteiger partial charge in [0.1, 0.15) is 5.75 Å². The van der Waals surface area contributed by atoms with E-state index in [4.69, 9.17) is 4.42 Å². The third kappa shape index (κ3) is 2.07. The summed E-state index contributed by atoms with van der Waals surface area (Å²) in [6.07, 6.45) is -3.02. The van der Waals surface area contributed by atoms with Crippen LogP contribution < -0.4 is 0 Å². The fourth-order valence-electron chi connectivity index (χ4n) is 1.77. The van der Waals surface area contributed by atoms with Crippen LogP contribution in [0.1, 0.15) is 5.56 Å². The van der Waals surface area contributed by atoms with E-state index in [0.717, 1.165) is 18.2 Å². The summed E-state index contributed by atoms with van der Waals surface area (Å²) in [5, 5.41) is 9.69. The summed E-state index contributed by atoms with van der Waals surface area (Å²) >= 11 is 0. The zero-order valence-electron chi connectivity index (χ0n) is 9.85. The van der Waals surface area contributed by atoms with Gasteiger partial charge in [0.05, 0.1) is 11.1 Å². The van der Waals surface area contributed by atoms with Crippen LogP contribution in [0.5, 0.6) is 5.75 Å². The molecule has 3 aromatic rings. The highest BCUT2D eigenvalue weighted by Gasteiger charge is 2.31. The number of alkyl halides is 3. The first kappa shape index (κ1) is 12.5. The number of oxazole rings is 1. The van der Waals surface area contributed by atoms with Crippen molar-refractivity contribution in [1.29, 1.82) is 0 Å². The maximum Gasteiger partial charge on any atom is 0.416 e. The fourth-order valence-corrected chi connectivity index (χ4v) is 1.77. The van der Waals surface area contributed by atoms with Gasteiger partial charge in [0.25, 0.3) is 0 Å². The van der Waals surface area contributed by atoms with Crippen LogP contribution in [0.2, 0.25) is 0 Å². The van der Waals surface area contributed by atoms with E-state index in [1.807, 2.05) is 0 Å². The molecule has 0 aliphatic rings. The molecule has 0 bridgehead atoms. The molecule has 4 nitrogen and oxygen atoms in total. The number of benzene rings is 1. The summed E-state index contributed by atoms with van der Waals surface area (Å²) in [5.74, 6) is -0.452. The Bertz CT molecular complexity index is 748. The molecule has 0 saturated carbocycles. The largest absolute Gasteiger partial charge is 0.507 e. The molecule has 0 atom stereocenters. The molecule has 0 aliphatic carbocycles. The van der Waals surface area contributed by atoms with Gasteiger partial charge in [-0.15, -0.1) is 0 Å². The van der Waals surface area contributed by atoms with Crippen molar-refractivity contribution in [3.8, 4) is 17.2 Å². The Morgan fingerprint density at radius 3 is 2.65 bits per heavy atom. The lowest BCUT2D eigenvalue weighted by Gasteiger charge is -2.08. The molecule has 2 heterocycles. The summed E-state index contributed by atoms with van der Waals surface area (Å²) in [5.41, 5.74) is -0.419. The van der Waals surface area contributed by atoms with Gasteiger partial charge < -0.3 is 9.52 Å². The first-order chi connectivity index (χ1) is 9.45. The van der Waals surface area contributed by atoms with Gasteiger partial charge in [0.2, 0.25) is 5.89 Å². The number of fused-ring (bicyclic) bond motifs is 1. The molecule has 1 aromatic carbocycles. The van der Waals surface area contributed by atoms with E-state index in [1.165, 1.54) is 6.20 Å². The first-order valence-corrected chi connectivity index (χ1v) is 5.57. The highest BCUT2D eigenvalue weighted by Crippen LogP contribution is 2.36. The zero-order chi connectivity index (χ0) is 14.3. The number of rotatable bonds is 1. The number of hydrogen-bond donors (Lipinski definition) is 1. The Morgan fingerprint density at radius 2 is 1.95 bits per heavy atom. The standard InChI is InChI=1S/C13H7F3N2O2/c14-13(15,16)7-3-4-9(19)8(6-7)12-18-11-10(20-12)2-1-5-17-11/h1-6,19H. The molecule has 0 aliphatic heterocycles. The maximum atomic E-state index is 12.7. The fraction of sp³-hybridized carbons (Fsp3) is 0.0769. The summed E-state index contributed by atoms with van der Waals surface area (Å²) in [4.78, 5) is 7.88. The van der Waals surface area contributed by atoms with Gasteiger partial charge in [0.15, 0.2) is 11.2 Å². The van der Waals surface area contributed by atoms with Crippen molar-refractivity contribution in [3.63, 3.8) is 0 Å². The van der Waals surface area contributed by atoms with Crippen molar-refractivity contribution < 1.29 is 22.7 Å². The van der Waals surface area contributed by atoms with Crippen molar-refractivity contribution in [2.75, 3.05) is 0 Å². The smallest absolute Gasteiger partial charge is 0.416 e. The Kier molecular flexibility index (Phi) is 2.63. The molecule has 102 valence electrons. The normalized spacial score (nSPS) is 11.9. The van der Waals surface area contributed by atoms with E-state index in [0.29, 0.717) is 5.58 Å². The van der Waals surface area contributed by atoms with Crippen molar-refractivity contribution in [3.05, 3.63) is 42.1 Å². The minimum atomic E-state index is -4.51. The summed E-state index contributed by atoms with van der Waals surface area (Å²) in [6, 6.07) is 5.74.